The lowest BCUT2D eigenvalue weighted by molar-refractivity contribution is 0.666. The summed E-state index contributed by atoms with van der Waals surface area (Å²) in [6.45, 7) is 4.76. The van der Waals surface area contributed by atoms with Gasteiger partial charge in [0.1, 0.15) is 0 Å². The van der Waals surface area contributed by atoms with Crippen molar-refractivity contribution >= 4 is 32.7 Å². The van der Waals surface area contributed by atoms with E-state index in [1.165, 1.54) is 44.1 Å². The average Bonchev–Trinajstić information content (AvgIpc) is 4.01. The zero-order valence-electron chi connectivity index (χ0n) is 37.0. The number of benzene rings is 8. The van der Waals surface area contributed by atoms with E-state index in [2.05, 4.69) is 169 Å². The number of fused-ring (bicyclic) bond motifs is 9. The summed E-state index contributed by atoms with van der Waals surface area (Å²) in [6, 6.07) is 75.2. The second kappa shape index (κ2) is 15.2. The standard InChI is InChI=1S/C61H42N6/c1-61(2)50-26-13-12-25-47(50)57-55(61)48-33-35-53-54(56(48)67(57)45-23-10-5-11-24-45)49-38-43(51-27-14-15-36-62-51)30-34-52(49)66(53)46-31-28-39(29-32-46)42-21-16-22-44(37-42)60-64-58(40-17-6-3-7-18-40)63-59(65-60)41-19-8-4-9-20-41/h3-38H,1-2H3. The van der Waals surface area contributed by atoms with Gasteiger partial charge < -0.3 is 9.13 Å². The van der Waals surface area contributed by atoms with Gasteiger partial charge in [0.25, 0.3) is 0 Å². The topological polar surface area (TPSA) is 61.4 Å². The van der Waals surface area contributed by atoms with Crippen LogP contribution in [0.4, 0.5) is 0 Å². The second-order valence-corrected chi connectivity index (χ2v) is 17.9. The molecule has 6 heteroatoms. The lowest BCUT2D eigenvalue weighted by Gasteiger charge is -2.21. The predicted molar refractivity (Wildman–Crippen MR) is 274 cm³/mol. The van der Waals surface area contributed by atoms with Crippen LogP contribution in [0, 0.1) is 0 Å². The first kappa shape index (κ1) is 38.7. The highest BCUT2D eigenvalue weighted by Crippen LogP contribution is 2.55. The largest absolute Gasteiger partial charge is 0.309 e. The van der Waals surface area contributed by atoms with E-state index in [0.29, 0.717) is 17.5 Å². The maximum atomic E-state index is 5.02. The molecule has 0 aliphatic heterocycles. The number of hydrogen-bond acceptors (Lipinski definition) is 4. The van der Waals surface area contributed by atoms with Gasteiger partial charge in [0.15, 0.2) is 17.5 Å². The van der Waals surface area contributed by atoms with E-state index < -0.39 is 0 Å². The van der Waals surface area contributed by atoms with E-state index >= 15 is 0 Å². The highest BCUT2D eigenvalue weighted by Gasteiger charge is 2.41. The molecule has 12 aromatic rings. The van der Waals surface area contributed by atoms with Crippen molar-refractivity contribution in [2.45, 2.75) is 19.3 Å². The van der Waals surface area contributed by atoms with Gasteiger partial charge in [-0.05, 0) is 82.9 Å². The van der Waals surface area contributed by atoms with Crippen LogP contribution in [-0.2, 0) is 5.41 Å². The molecule has 13 rings (SSSR count). The van der Waals surface area contributed by atoms with Gasteiger partial charge in [-0.1, -0.05) is 166 Å². The Bertz CT molecular complexity index is 3800. The van der Waals surface area contributed by atoms with Gasteiger partial charge in [-0.25, -0.2) is 15.0 Å². The van der Waals surface area contributed by atoms with Gasteiger partial charge in [-0.15, -0.1) is 0 Å². The monoisotopic (exact) mass is 858 g/mol. The average molecular weight is 859 g/mol. The fourth-order valence-corrected chi connectivity index (χ4v) is 10.5. The molecule has 67 heavy (non-hydrogen) atoms. The summed E-state index contributed by atoms with van der Waals surface area (Å²) < 4.78 is 4.96. The summed E-state index contributed by atoms with van der Waals surface area (Å²) in [4.78, 5) is 19.7. The van der Waals surface area contributed by atoms with Crippen molar-refractivity contribution in [3.05, 3.63) is 230 Å². The summed E-state index contributed by atoms with van der Waals surface area (Å²) in [5.74, 6) is 1.92. The van der Waals surface area contributed by atoms with E-state index in [1.54, 1.807) is 0 Å². The van der Waals surface area contributed by atoms with Crippen LogP contribution in [0.3, 0.4) is 0 Å². The number of pyridine rings is 1. The third-order valence-corrected chi connectivity index (χ3v) is 13.6. The first-order valence-electron chi connectivity index (χ1n) is 22.8. The summed E-state index contributed by atoms with van der Waals surface area (Å²) in [5.41, 5.74) is 17.8. The molecule has 0 saturated carbocycles. The van der Waals surface area contributed by atoms with E-state index in [0.717, 1.165) is 61.5 Å². The summed E-state index contributed by atoms with van der Waals surface area (Å²) in [6.07, 6.45) is 1.87. The van der Waals surface area contributed by atoms with Gasteiger partial charge in [-0.2, -0.15) is 0 Å². The molecule has 316 valence electrons. The van der Waals surface area contributed by atoms with Crippen molar-refractivity contribution in [2.75, 3.05) is 0 Å². The van der Waals surface area contributed by atoms with Crippen molar-refractivity contribution in [2.24, 2.45) is 0 Å². The molecule has 0 bridgehead atoms. The molecule has 6 nitrogen and oxygen atoms in total. The lowest BCUT2D eigenvalue weighted by atomic mass is 9.81. The minimum Gasteiger partial charge on any atom is -0.309 e. The van der Waals surface area contributed by atoms with Crippen LogP contribution in [0.5, 0.6) is 0 Å². The van der Waals surface area contributed by atoms with Gasteiger partial charge in [0, 0.05) is 67.0 Å². The van der Waals surface area contributed by atoms with Crippen LogP contribution >= 0.6 is 0 Å². The van der Waals surface area contributed by atoms with Crippen LogP contribution in [0.15, 0.2) is 219 Å². The maximum Gasteiger partial charge on any atom is 0.164 e. The third kappa shape index (κ3) is 6.18. The van der Waals surface area contributed by atoms with E-state index in [9.17, 15) is 0 Å². The Hall–Kier alpha value is -8.74. The molecule has 0 saturated heterocycles. The van der Waals surface area contributed by atoms with Gasteiger partial charge >= 0.3 is 0 Å². The van der Waals surface area contributed by atoms with Crippen LogP contribution < -0.4 is 0 Å². The highest BCUT2D eigenvalue weighted by atomic mass is 15.0. The summed E-state index contributed by atoms with van der Waals surface area (Å²) in [7, 11) is 0. The van der Waals surface area contributed by atoms with Gasteiger partial charge in [0.2, 0.25) is 0 Å². The number of hydrogen-bond donors (Lipinski definition) is 0. The Balaban J connectivity index is 0.991. The van der Waals surface area contributed by atoms with Crippen LogP contribution in [-0.4, -0.2) is 29.1 Å². The molecular formula is C61H42N6. The van der Waals surface area contributed by atoms with Crippen molar-refractivity contribution in [1.29, 1.82) is 0 Å². The number of nitrogens with zero attached hydrogens (tertiary/aromatic N) is 6. The molecule has 0 atom stereocenters. The maximum absolute atomic E-state index is 5.02. The fraction of sp³-hybridized carbons (Fsp3) is 0.0492. The molecule has 0 unspecified atom stereocenters. The first-order valence-corrected chi connectivity index (χ1v) is 22.8. The highest BCUT2D eigenvalue weighted by molar-refractivity contribution is 6.23. The Morgan fingerprint density at radius 3 is 1.69 bits per heavy atom. The normalized spacial score (nSPS) is 12.7. The molecule has 4 heterocycles. The molecule has 0 spiro atoms. The van der Waals surface area contributed by atoms with Crippen molar-refractivity contribution < 1.29 is 0 Å². The molecule has 0 fully saturated rings. The molecule has 1 aliphatic rings. The number of rotatable bonds is 7. The molecule has 0 N–H and O–H groups in total. The minimum absolute atomic E-state index is 0.194. The Morgan fingerprint density at radius 1 is 0.403 bits per heavy atom. The van der Waals surface area contributed by atoms with E-state index in [4.69, 9.17) is 19.9 Å². The summed E-state index contributed by atoms with van der Waals surface area (Å²) in [5, 5.41) is 3.67. The van der Waals surface area contributed by atoms with Crippen LogP contribution in [0.1, 0.15) is 25.0 Å². The fourth-order valence-electron chi connectivity index (χ4n) is 10.5. The van der Waals surface area contributed by atoms with Crippen LogP contribution in [0.25, 0.3) is 112 Å². The van der Waals surface area contributed by atoms with Gasteiger partial charge in [-0.3, -0.25) is 4.98 Å². The van der Waals surface area contributed by atoms with Crippen molar-refractivity contribution in [3.63, 3.8) is 0 Å². The van der Waals surface area contributed by atoms with Crippen molar-refractivity contribution in [1.82, 2.24) is 29.1 Å². The molecule has 1 aliphatic carbocycles. The second-order valence-electron chi connectivity index (χ2n) is 17.9. The molecule has 8 aromatic carbocycles. The van der Waals surface area contributed by atoms with Gasteiger partial charge in [0.05, 0.1) is 27.9 Å². The van der Waals surface area contributed by atoms with E-state index in [1.807, 2.05) is 72.9 Å². The molecule has 0 radical (unpaired) electrons. The predicted octanol–water partition coefficient (Wildman–Crippen LogP) is 14.9. The smallest absolute Gasteiger partial charge is 0.164 e. The van der Waals surface area contributed by atoms with E-state index in [-0.39, 0.29) is 5.41 Å². The van der Waals surface area contributed by atoms with Crippen LogP contribution in [0.2, 0.25) is 0 Å². The zero-order valence-corrected chi connectivity index (χ0v) is 37.0. The first-order chi connectivity index (χ1) is 33.0. The number of para-hydroxylation sites is 1. The quantitative estimate of drug-likeness (QED) is 0.160. The summed E-state index contributed by atoms with van der Waals surface area (Å²) >= 11 is 0. The SMILES string of the molecule is CC1(C)c2ccccc2-c2c1c1ccc3c(c4cc(-c5ccccn5)ccc4n3-c3ccc(-c4cccc(-c5nc(-c6ccccc6)nc(-c6ccccc6)n5)c4)cc3)c1n2-c1ccccc1. The Morgan fingerprint density at radius 2 is 0.985 bits per heavy atom. The lowest BCUT2D eigenvalue weighted by Crippen LogP contribution is -2.14. The zero-order chi connectivity index (χ0) is 44.6. The Labute approximate surface area is 388 Å². The molecular weight excluding hydrogens is 817 g/mol. The third-order valence-electron chi connectivity index (χ3n) is 13.6. The van der Waals surface area contributed by atoms with Crippen molar-refractivity contribution in [3.8, 4) is 79.2 Å². The number of aromatic nitrogens is 6. The minimum atomic E-state index is -0.194. The molecule has 4 aromatic heterocycles. The Kier molecular flexibility index (Phi) is 8.77. The molecule has 0 amide bonds.